The van der Waals surface area contributed by atoms with Crippen molar-refractivity contribution in [1.82, 2.24) is 14.6 Å². The molecule has 3 fully saturated rings. The summed E-state index contributed by atoms with van der Waals surface area (Å²) in [6, 6.07) is 21.0. The predicted molar refractivity (Wildman–Crippen MR) is 174 cm³/mol. The van der Waals surface area contributed by atoms with Crippen molar-refractivity contribution in [2.75, 3.05) is 43.9 Å². The van der Waals surface area contributed by atoms with Crippen molar-refractivity contribution in [2.45, 2.75) is 60.3 Å². The summed E-state index contributed by atoms with van der Waals surface area (Å²) in [5, 5.41) is 0. The summed E-state index contributed by atoms with van der Waals surface area (Å²) >= 11 is 0. The predicted octanol–water partition coefficient (Wildman–Crippen LogP) is 4.74. The van der Waals surface area contributed by atoms with Crippen LogP contribution in [0, 0.1) is 17.8 Å². The summed E-state index contributed by atoms with van der Waals surface area (Å²) in [4.78, 5) is 9.40. The number of hydrogen-bond donors (Lipinski definition) is 1. The lowest BCUT2D eigenvalue weighted by Crippen LogP contribution is -2.54. The molecule has 8 nitrogen and oxygen atoms in total. The van der Waals surface area contributed by atoms with Crippen LogP contribution < -0.4 is 9.62 Å². The van der Waals surface area contributed by atoms with Gasteiger partial charge in [0.25, 0.3) is 0 Å². The van der Waals surface area contributed by atoms with Crippen molar-refractivity contribution in [3.63, 3.8) is 0 Å². The number of sulfone groups is 1. The van der Waals surface area contributed by atoms with Gasteiger partial charge in [0.2, 0.25) is 19.9 Å². The molecule has 1 saturated carbocycles. The molecule has 0 spiro atoms. The molecule has 236 valence electrons. The number of hydrogen-bond acceptors (Lipinski definition) is 7. The van der Waals surface area contributed by atoms with Crippen LogP contribution in [0.2, 0.25) is 0 Å². The first-order valence-electron chi connectivity index (χ1n) is 15.8. The molecule has 1 N–H and O–H groups in total. The topological polar surface area (TPSA) is 99.7 Å². The minimum absolute atomic E-state index is 0.0148. The number of anilines is 1. The van der Waals surface area contributed by atoms with Crippen molar-refractivity contribution in [1.29, 1.82) is 0 Å². The van der Waals surface area contributed by atoms with Crippen molar-refractivity contribution in [2.24, 2.45) is 17.8 Å². The largest absolute Gasteiger partial charge is 0.371 e. The third-order valence-corrected chi connectivity index (χ3v) is 12.9. The number of aromatic nitrogens is 1. The maximum absolute atomic E-state index is 12.9. The van der Waals surface area contributed by atoms with Gasteiger partial charge in [-0.3, -0.25) is 4.98 Å². The van der Waals surface area contributed by atoms with Crippen LogP contribution in [0.1, 0.15) is 44.6 Å². The summed E-state index contributed by atoms with van der Waals surface area (Å²) < 4.78 is 53.3. The molecule has 6 rings (SSSR count). The quantitative estimate of drug-likeness (QED) is 0.343. The van der Waals surface area contributed by atoms with E-state index < -0.39 is 19.9 Å². The number of pyridine rings is 1. The van der Waals surface area contributed by atoms with Gasteiger partial charge in [-0.1, -0.05) is 43.7 Å². The van der Waals surface area contributed by atoms with Crippen molar-refractivity contribution in [3.8, 4) is 0 Å². The highest BCUT2D eigenvalue weighted by Crippen LogP contribution is 2.50. The summed E-state index contributed by atoms with van der Waals surface area (Å²) in [6.45, 7) is 7.52. The number of nitrogens with one attached hydrogen (secondary N) is 1. The highest BCUT2D eigenvalue weighted by Gasteiger charge is 2.49. The molecule has 0 radical (unpaired) electrons. The SMILES string of the molecule is CC(c1ccccc1)(C1CCN(CC2CN(c3ccc(S(=O)(=O)c4ccncc4)cc3)C2)CC1)[C@@H]1CCC[C@H]1NS(C)(=O)=O. The Kier molecular flexibility index (Phi) is 8.89. The van der Waals surface area contributed by atoms with Crippen LogP contribution in [0.3, 0.4) is 0 Å². The minimum Gasteiger partial charge on any atom is -0.371 e. The Labute approximate surface area is 262 Å². The van der Waals surface area contributed by atoms with Crippen LogP contribution in [-0.4, -0.2) is 71.7 Å². The van der Waals surface area contributed by atoms with Gasteiger partial charge in [0.05, 0.1) is 16.0 Å². The fourth-order valence-electron chi connectivity index (χ4n) is 8.11. The number of nitrogens with zero attached hydrogens (tertiary/aromatic N) is 3. The number of rotatable bonds is 10. The normalized spacial score (nSPS) is 23.7. The van der Waals surface area contributed by atoms with E-state index in [1.165, 1.54) is 36.3 Å². The Balaban J connectivity index is 1.05. The molecular formula is C34H44N4O4S2. The molecule has 1 unspecified atom stereocenters. The lowest BCUT2D eigenvalue weighted by atomic mass is 9.59. The molecule has 3 atom stereocenters. The Bertz CT molecular complexity index is 1620. The fourth-order valence-corrected chi connectivity index (χ4v) is 10.2. The first kappa shape index (κ1) is 31.2. The van der Waals surface area contributed by atoms with Gasteiger partial charge in [-0.2, -0.15) is 0 Å². The molecule has 1 aliphatic carbocycles. The van der Waals surface area contributed by atoms with Gasteiger partial charge >= 0.3 is 0 Å². The Morgan fingerprint density at radius 1 is 0.841 bits per heavy atom. The summed E-state index contributed by atoms with van der Waals surface area (Å²) in [5.74, 6) is 1.36. The maximum atomic E-state index is 12.9. The Hall–Kier alpha value is -2.79. The van der Waals surface area contributed by atoms with Gasteiger partial charge in [0, 0.05) is 49.7 Å². The van der Waals surface area contributed by atoms with E-state index in [0.29, 0.717) is 16.7 Å². The second-order valence-electron chi connectivity index (χ2n) is 13.2. The number of sulfonamides is 1. The monoisotopic (exact) mass is 636 g/mol. The summed E-state index contributed by atoms with van der Waals surface area (Å²) in [5.41, 5.74) is 2.30. The van der Waals surface area contributed by atoms with Crippen molar-refractivity contribution < 1.29 is 16.8 Å². The van der Waals surface area contributed by atoms with Crippen LogP contribution in [0.4, 0.5) is 5.69 Å². The second-order valence-corrected chi connectivity index (χ2v) is 16.9. The van der Waals surface area contributed by atoms with E-state index in [1.807, 2.05) is 12.1 Å². The molecule has 2 saturated heterocycles. The standard InChI is InChI=1S/C34H44N4O4S2/c1-34(27-7-4-3-5-8-27,32-9-6-10-33(32)36-43(2,39)40)28-17-21-37(22-18-28)23-26-24-38(25-26)29-11-13-30(14-12-29)44(41,42)31-15-19-35-20-16-31/h3-5,7-8,11-16,19-20,26,28,32-33,36H,6,9-10,17-18,21-25H2,1-2H3/t32-,33-,34?/m1/s1. The van der Waals surface area contributed by atoms with E-state index in [2.05, 4.69) is 56.8 Å². The molecule has 3 heterocycles. The van der Waals surface area contributed by atoms with Crippen LogP contribution in [0.5, 0.6) is 0 Å². The third kappa shape index (κ3) is 6.45. The smallest absolute Gasteiger partial charge is 0.208 e. The fraction of sp³-hybridized carbons (Fsp3) is 0.500. The van der Waals surface area contributed by atoms with Crippen LogP contribution in [0.15, 0.2) is 88.9 Å². The van der Waals surface area contributed by atoms with E-state index >= 15 is 0 Å². The van der Waals surface area contributed by atoms with E-state index in [4.69, 9.17) is 0 Å². The first-order valence-corrected chi connectivity index (χ1v) is 19.2. The minimum atomic E-state index is -3.55. The molecule has 2 aromatic carbocycles. The molecular weight excluding hydrogens is 593 g/mol. The molecule has 2 aliphatic heterocycles. The average molecular weight is 637 g/mol. The van der Waals surface area contributed by atoms with E-state index in [9.17, 15) is 16.8 Å². The zero-order valence-corrected chi connectivity index (χ0v) is 27.3. The molecule has 0 amide bonds. The average Bonchev–Trinajstić information content (AvgIpc) is 3.47. The summed E-state index contributed by atoms with van der Waals surface area (Å²) in [7, 11) is -6.81. The van der Waals surface area contributed by atoms with Gasteiger partial charge in [-0.25, -0.2) is 21.6 Å². The molecule has 0 bridgehead atoms. The molecule has 10 heteroatoms. The molecule has 3 aliphatic rings. The highest BCUT2D eigenvalue weighted by molar-refractivity contribution is 7.91. The number of likely N-dealkylation sites (tertiary alicyclic amines) is 1. The first-order chi connectivity index (χ1) is 21.0. The maximum Gasteiger partial charge on any atom is 0.208 e. The lowest BCUT2D eigenvalue weighted by molar-refractivity contribution is 0.0801. The van der Waals surface area contributed by atoms with Gasteiger partial charge < -0.3 is 9.80 Å². The lowest BCUT2D eigenvalue weighted by Gasteiger charge is -2.49. The zero-order valence-electron chi connectivity index (χ0n) is 25.7. The molecule has 44 heavy (non-hydrogen) atoms. The zero-order chi connectivity index (χ0) is 31.0. The van der Waals surface area contributed by atoms with Gasteiger partial charge in [0.15, 0.2) is 0 Å². The van der Waals surface area contributed by atoms with Gasteiger partial charge in [-0.15, -0.1) is 0 Å². The van der Waals surface area contributed by atoms with E-state index in [0.717, 1.165) is 70.5 Å². The highest BCUT2D eigenvalue weighted by atomic mass is 32.2. The molecule has 1 aromatic heterocycles. The van der Waals surface area contributed by atoms with Crippen LogP contribution in [0.25, 0.3) is 0 Å². The Morgan fingerprint density at radius 2 is 1.48 bits per heavy atom. The number of piperidine rings is 1. The van der Waals surface area contributed by atoms with Crippen LogP contribution >= 0.6 is 0 Å². The number of benzene rings is 2. The molecule has 3 aromatic rings. The Morgan fingerprint density at radius 3 is 2.11 bits per heavy atom. The van der Waals surface area contributed by atoms with Crippen molar-refractivity contribution in [3.05, 3.63) is 84.7 Å². The van der Waals surface area contributed by atoms with Gasteiger partial charge in [-0.05, 0) is 98.0 Å². The van der Waals surface area contributed by atoms with Crippen molar-refractivity contribution >= 4 is 25.5 Å². The third-order valence-electron chi connectivity index (χ3n) is 10.4. The van der Waals surface area contributed by atoms with Gasteiger partial charge in [0.1, 0.15) is 0 Å². The van der Waals surface area contributed by atoms with Crippen LogP contribution in [-0.2, 0) is 25.3 Å². The van der Waals surface area contributed by atoms with E-state index in [1.54, 1.807) is 12.1 Å². The second kappa shape index (κ2) is 12.5. The van der Waals surface area contributed by atoms with E-state index in [-0.39, 0.29) is 22.3 Å². The summed E-state index contributed by atoms with van der Waals surface area (Å²) in [6.07, 6.45) is 9.50.